The van der Waals surface area contributed by atoms with Crippen molar-refractivity contribution < 1.29 is 4.79 Å². The Labute approximate surface area is 130 Å². The van der Waals surface area contributed by atoms with Gasteiger partial charge in [0, 0.05) is 21.9 Å². The third-order valence-electron chi connectivity index (χ3n) is 4.25. The molecule has 0 saturated carbocycles. The molecule has 0 N–H and O–H groups in total. The molecular formula is C18H21NOS. The van der Waals surface area contributed by atoms with E-state index in [0.29, 0.717) is 12.5 Å². The van der Waals surface area contributed by atoms with E-state index in [9.17, 15) is 4.79 Å². The van der Waals surface area contributed by atoms with E-state index in [0.717, 1.165) is 30.0 Å². The summed E-state index contributed by atoms with van der Waals surface area (Å²) in [6.45, 7) is 6.68. The Morgan fingerprint density at radius 1 is 1.29 bits per heavy atom. The molecule has 1 aromatic heterocycles. The van der Waals surface area contributed by atoms with Crippen molar-refractivity contribution >= 4 is 17.1 Å². The van der Waals surface area contributed by atoms with Crippen LogP contribution in [0.15, 0.2) is 36.4 Å². The average molecular weight is 299 g/mol. The molecule has 3 heteroatoms. The number of carbonyl (C=O) groups is 1. The topological polar surface area (TPSA) is 20.3 Å². The first kappa shape index (κ1) is 14.5. The summed E-state index contributed by atoms with van der Waals surface area (Å²) in [5.41, 5.74) is 2.32. The molecule has 0 radical (unpaired) electrons. The van der Waals surface area contributed by atoms with Crippen LogP contribution < -0.4 is 0 Å². The number of hydrogen-bond donors (Lipinski definition) is 0. The highest BCUT2D eigenvalue weighted by Crippen LogP contribution is 2.27. The van der Waals surface area contributed by atoms with Crippen LogP contribution in [0.4, 0.5) is 0 Å². The van der Waals surface area contributed by atoms with Crippen molar-refractivity contribution in [1.29, 1.82) is 0 Å². The molecule has 110 valence electrons. The third kappa shape index (κ3) is 3.25. The lowest BCUT2D eigenvalue weighted by molar-refractivity contribution is 0.0944. The number of rotatable bonds is 4. The van der Waals surface area contributed by atoms with E-state index < -0.39 is 0 Å². The molecule has 21 heavy (non-hydrogen) atoms. The minimum Gasteiger partial charge on any atom is -0.295 e. The maximum Gasteiger partial charge on any atom is 0.177 e. The smallest absolute Gasteiger partial charge is 0.177 e. The zero-order valence-electron chi connectivity index (χ0n) is 12.6. The highest BCUT2D eigenvalue weighted by Gasteiger charge is 2.26. The molecule has 1 fully saturated rings. The molecule has 2 heterocycles. The van der Waals surface area contributed by atoms with Crippen molar-refractivity contribution in [2.24, 2.45) is 0 Å². The SMILES string of the molecule is Cc1cc(C(=O)CN2CCC(c3ccccc3)C2)c(C)s1. The molecule has 1 atom stereocenters. The Morgan fingerprint density at radius 3 is 2.71 bits per heavy atom. The van der Waals surface area contributed by atoms with E-state index in [-0.39, 0.29) is 5.78 Å². The quantitative estimate of drug-likeness (QED) is 0.794. The largest absolute Gasteiger partial charge is 0.295 e. The molecule has 1 aromatic carbocycles. The predicted molar refractivity (Wildman–Crippen MR) is 88.4 cm³/mol. The molecule has 2 aromatic rings. The summed E-state index contributed by atoms with van der Waals surface area (Å²) in [7, 11) is 0. The molecule has 1 saturated heterocycles. The Hall–Kier alpha value is -1.45. The van der Waals surface area contributed by atoms with Crippen molar-refractivity contribution in [2.45, 2.75) is 26.2 Å². The molecular weight excluding hydrogens is 278 g/mol. The molecule has 2 nitrogen and oxygen atoms in total. The second-order valence-electron chi connectivity index (χ2n) is 5.88. The fourth-order valence-corrected chi connectivity index (χ4v) is 4.11. The van der Waals surface area contributed by atoms with E-state index in [4.69, 9.17) is 0 Å². The van der Waals surface area contributed by atoms with E-state index in [1.807, 2.05) is 13.0 Å². The Kier molecular flexibility index (Phi) is 4.22. The number of hydrogen-bond acceptors (Lipinski definition) is 3. The number of Topliss-reactive ketones (excluding diaryl/α,β-unsaturated/α-hetero) is 1. The molecule has 1 unspecified atom stereocenters. The van der Waals surface area contributed by atoms with Crippen LogP contribution in [0.5, 0.6) is 0 Å². The summed E-state index contributed by atoms with van der Waals surface area (Å²) in [4.78, 5) is 17.1. The van der Waals surface area contributed by atoms with Crippen molar-refractivity contribution in [2.75, 3.05) is 19.6 Å². The summed E-state index contributed by atoms with van der Waals surface area (Å²) in [5.74, 6) is 0.842. The second-order valence-corrected chi connectivity index (χ2v) is 7.34. The summed E-state index contributed by atoms with van der Waals surface area (Å²) in [6.07, 6.45) is 1.15. The third-order valence-corrected chi connectivity index (χ3v) is 5.22. The van der Waals surface area contributed by atoms with Crippen LogP contribution in [0, 0.1) is 13.8 Å². The molecule has 0 bridgehead atoms. The Bertz CT molecular complexity index is 632. The highest BCUT2D eigenvalue weighted by atomic mass is 32.1. The van der Waals surface area contributed by atoms with Gasteiger partial charge in [0.25, 0.3) is 0 Å². The summed E-state index contributed by atoms with van der Waals surface area (Å²) >= 11 is 1.71. The van der Waals surface area contributed by atoms with Crippen molar-refractivity contribution in [3.63, 3.8) is 0 Å². The van der Waals surface area contributed by atoms with Crippen LogP contribution >= 0.6 is 11.3 Å². The van der Waals surface area contributed by atoms with Gasteiger partial charge in [-0.05, 0) is 44.4 Å². The van der Waals surface area contributed by atoms with Gasteiger partial charge in [0.1, 0.15) is 0 Å². The van der Waals surface area contributed by atoms with Gasteiger partial charge in [0.2, 0.25) is 0 Å². The summed E-state index contributed by atoms with van der Waals surface area (Å²) < 4.78 is 0. The van der Waals surface area contributed by atoms with Gasteiger partial charge in [-0.15, -0.1) is 11.3 Å². The molecule has 1 aliphatic heterocycles. The maximum absolute atomic E-state index is 12.4. The van der Waals surface area contributed by atoms with E-state index in [1.165, 1.54) is 10.4 Å². The average Bonchev–Trinajstić information content (AvgIpc) is 3.06. The number of benzene rings is 1. The number of aryl methyl sites for hydroxylation is 2. The number of ketones is 1. The van der Waals surface area contributed by atoms with Crippen LogP contribution in [-0.2, 0) is 0 Å². The summed E-state index contributed by atoms with van der Waals surface area (Å²) in [6, 6.07) is 12.7. The normalized spacial score (nSPS) is 19.0. The molecule has 0 spiro atoms. The fraction of sp³-hybridized carbons (Fsp3) is 0.389. The van der Waals surface area contributed by atoms with Crippen LogP contribution in [0.25, 0.3) is 0 Å². The van der Waals surface area contributed by atoms with Crippen molar-refractivity contribution in [1.82, 2.24) is 4.90 Å². The predicted octanol–water partition coefficient (Wildman–Crippen LogP) is 4.04. The lowest BCUT2D eigenvalue weighted by atomic mass is 9.99. The van der Waals surface area contributed by atoms with Crippen LogP contribution in [0.2, 0.25) is 0 Å². The fourth-order valence-electron chi connectivity index (χ4n) is 3.17. The second kappa shape index (κ2) is 6.12. The molecule has 0 amide bonds. The van der Waals surface area contributed by atoms with Crippen molar-refractivity contribution in [3.05, 3.63) is 57.3 Å². The molecule has 1 aliphatic rings. The van der Waals surface area contributed by atoms with E-state index in [2.05, 4.69) is 42.2 Å². The first-order valence-electron chi connectivity index (χ1n) is 7.51. The van der Waals surface area contributed by atoms with Crippen molar-refractivity contribution in [3.8, 4) is 0 Å². The van der Waals surface area contributed by atoms with Gasteiger partial charge < -0.3 is 0 Å². The van der Waals surface area contributed by atoms with Gasteiger partial charge in [-0.1, -0.05) is 30.3 Å². The first-order valence-corrected chi connectivity index (χ1v) is 8.32. The zero-order valence-corrected chi connectivity index (χ0v) is 13.5. The van der Waals surface area contributed by atoms with E-state index >= 15 is 0 Å². The van der Waals surface area contributed by atoms with Gasteiger partial charge >= 0.3 is 0 Å². The number of likely N-dealkylation sites (tertiary alicyclic amines) is 1. The lowest BCUT2D eigenvalue weighted by Gasteiger charge is -2.15. The van der Waals surface area contributed by atoms with Gasteiger partial charge in [0.05, 0.1) is 6.54 Å². The van der Waals surface area contributed by atoms with Gasteiger partial charge in [-0.2, -0.15) is 0 Å². The number of thiophene rings is 1. The van der Waals surface area contributed by atoms with Crippen LogP contribution in [0.1, 0.15) is 38.0 Å². The summed E-state index contributed by atoms with van der Waals surface area (Å²) in [5, 5.41) is 0. The maximum atomic E-state index is 12.4. The van der Waals surface area contributed by atoms with Gasteiger partial charge in [-0.25, -0.2) is 0 Å². The lowest BCUT2D eigenvalue weighted by Crippen LogP contribution is -2.27. The van der Waals surface area contributed by atoms with Gasteiger partial charge in [0.15, 0.2) is 5.78 Å². The Balaban J connectivity index is 1.62. The molecule has 0 aliphatic carbocycles. The number of carbonyl (C=O) groups excluding carboxylic acids is 1. The minimum absolute atomic E-state index is 0.269. The highest BCUT2D eigenvalue weighted by molar-refractivity contribution is 7.12. The first-order chi connectivity index (χ1) is 10.1. The Morgan fingerprint density at radius 2 is 2.05 bits per heavy atom. The zero-order chi connectivity index (χ0) is 14.8. The van der Waals surface area contributed by atoms with Gasteiger partial charge in [-0.3, -0.25) is 9.69 Å². The minimum atomic E-state index is 0.269. The molecule has 3 rings (SSSR count). The monoisotopic (exact) mass is 299 g/mol. The number of nitrogens with zero attached hydrogens (tertiary/aromatic N) is 1. The van der Waals surface area contributed by atoms with Crippen LogP contribution in [0.3, 0.4) is 0 Å². The standard InChI is InChI=1S/C18H21NOS/c1-13-10-17(14(2)21-13)18(20)12-19-9-8-16(11-19)15-6-4-3-5-7-15/h3-7,10,16H,8-9,11-12H2,1-2H3. The van der Waals surface area contributed by atoms with E-state index in [1.54, 1.807) is 11.3 Å². The van der Waals surface area contributed by atoms with Crippen LogP contribution in [-0.4, -0.2) is 30.3 Å².